The van der Waals surface area contributed by atoms with E-state index in [0.717, 1.165) is 33.3 Å². The summed E-state index contributed by atoms with van der Waals surface area (Å²) in [5, 5.41) is 4.91. The number of nitrogens with one attached hydrogen (secondary N) is 1. The maximum absolute atomic E-state index is 13.1. The molecule has 0 radical (unpaired) electrons. The molecule has 0 atom stereocenters. The summed E-state index contributed by atoms with van der Waals surface area (Å²) in [5.41, 5.74) is 6.96. The van der Waals surface area contributed by atoms with Gasteiger partial charge in [-0.2, -0.15) is 5.10 Å². The largest absolute Gasteiger partial charge is 0.497 e. The lowest BCUT2D eigenvalue weighted by atomic mass is 10.0. The second-order valence-corrected chi connectivity index (χ2v) is 7.52. The van der Waals surface area contributed by atoms with Crippen LogP contribution in [0.1, 0.15) is 21.5 Å². The molecule has 0 bridgehead atoms. The first-order valence-electron chi connectivity index (χ1n) is 10.6. The van der Waals surface area contributed by atoms with Gasteiger partial charge in [0, 0.05) is 22.1 Å². The third-order valence-corrected chi connectivity index (χ3v) is 5.53. The molecule has 172 valence electrons. The van der Waals surface area contributed by atoms with Gasteiger partial charge in [-0.15, -0.1) is 0 Å². The monoisotopic (exact) mass is 455 g/mol. The van der Waals surface area contributed by atoms with Crippen molar-refractivity contribution in [1.29, 1.82) is 0 Å². The van der Waals surface area contributed by atoms with Crippen LogP contribution in [0.3, 0.4) is 0 Å². The molecule has 4 aromatic rings. The molecular formula is C27H25N3O4. The maximum Gasteiger partial charge on any atom is 0.272 e. The van der Waals surface area contributed by atoms with Crippen LogP contribution in [0, 0.1) is 6.92 Å². The van der Waals surface area contributed by atoms with E-state index in [1.165, 1.54) is 0 Å². The van der Waals surface area contributed by atoms with Gasteiger partial charge in [0.2, 0.25) is 0 Å². The molecule has 0 fully saturated rings. The number of rotatable bonds is 7. The number of aromatic nitrogens is 1. The van der Waals surface area contributed by atoms with E-state index >= 15 is 0 Å². The highest BCUT2D eigenvalue weighted by atomic mass is 16.5. The fourth-order valence-corrected chi connectivity index (χ4v) is 3.78. The van der Waals surface area contributed by atoms with Crippen LogP contribution >= 0.6 is 0 Å². The number of fused-ring (bicyclic) bond motifs is 1. The number of benzene rings is 3. The standard InChI is InChI=1S/C27H25N3O4/c1-17-25(33-3)14-11-19(26(17)34-4)16-28-30-27(31)22-15-24(18-9-12-20(32-2)13-10-18)29-23-8-6-5-7-21(22)23/h5-16H,1-4H3,(H,30,31). The zero-order valence-corrected chi connectivity index (χ0v) is 19.5. The van der Waals surface area contributed by atoms with Crippen molar-refractivity contribution in [3.05, 3.63) is 83.4 Å². The summed E-state index contributed by atoms with van der Waals surface area (Å²) < 4.78 is 16.1. The normalized spacial score (nSPS) is 10.9. The van der Waals surface area contributed by atoms with Crippen LogP contribution in [0.15, 0.2) is 71.8 Å². The van der Waals surface area contributed by atoms with Gasteiger partial charge >= 0.3 is 0 Å². The predicted molar refractivity (Wildman–Crippen MR) is 133 cm³/mol. The molecule has 34 heavy (non-hydrogen) atoms. The summed E-state index contributed by atoms with van der Waals surface area (Å²) in [6.07, 6.45) is 1.55. The Balaban J connectivity index is 1.65. The molecular weight excluding hydrogens is 430 g/mol. The van der Waals surface area contributed by atoms with Crippen LogP contribution in [0.2, 0.25) is 0 Å². The lowest BCUT2D eigenvalue weighted by Gasteiger charge is -2.12. The van der Waals surface area contributed by atoms with E-state index in [4.69, 9.17) is 19.2 Å². The Labute approximate surface area is 198 Å². The summed E-state index contributed by atoms with van der Waals surface area (Å²) in [6, 6.07) is 20.5. The lowest BCUT2D eigenvalue weighted by molar-refractivity contribution is 0.0956. The number of pyridine rings is 1. The van der Waals surface area contributed by atoms with Crippen LogP contribution < -0.4 is 19.6 Å². The van der Waals surface area contributed by atoms with Crippen LogP contribution in [-0.2, 0) is 0 Å². The number of amides is 1. The third-order valence-electron chi connectivity index (χ3n) is 5.53. The highest BCUT2D eigenvalue weighted by Crippen LogP contribution is 2.30. The van der Waals surface area contributed by atoms with Crippen molar-refractivity contribution in [2.75, 3.05) is 21.3 Å². The van der Waals surface area contributed by atoms with Gasteiger partial charge < -0.3 is 14.2 Å². The van der Waals surface area contributed by atoms with Crippen molar-refractivity contribution < 1.29 is 19.0 Å². The van der Waals surface area contributed by atoms with Crippen molar-refractivity contribution >= 4 is 23.0 Å². The number of hydrogen-bond donors (Lipinski definition) is 1. The van der Waals surface area contributed by atoms with Crippen molar-refractivity contribution in [1.82, 2.24) is 10.4 Å². The minimum Gasteiger partial charge on any atom is -0.497 e. The van der Waals surface area contributed by atoms with Gasteiger partial charge in [-0.05, 0) is 55.5 Å². The molecule has 0 saturated heterocycles. The Hall–Kier alpha value is -4.39. The van der Waals surface area contributed by atoms with Gasteiger partial charge in [0.05, 0.1) is 44.3 Å². The topological polar surface area (TPSA) is 82.0 Å². The fourth-order valence-electron chi connectivity index (χ4n) is 3.78. The van der Waals surface area contributed by atoms with Crippen molar-refractivity contribution in [2.45, 2.75) is 6.92 Å². The first-order valence-corrected chi connectivity index (χ1v) is 10.6. The smallest absolute Gasteiger partial charge is 0.272 e. The van der Waals surface area contributed by atoms with Gasteiger partial charge in [-0.1, -0.05) is 18.2 Å². The molecule has 0 saturated carbocycles. The number of hydrazone groups is 1. The van der Waals surface area contributed by atoms with Gasteiger partial charge in [-0.25, -0.2) is 10.4 Å². The Morgan fingerprint density at radius 3 is 2.41 bits per heavy atom. The molecule has 7 heteroatoms. The number of methoxy groups -OCH3 is 3. The Kier molecular flexibility index (Phi) is 6.73. The van der Waals surface area contributed by atoms with Gasteiger partial charge in [0.15, 0.2) is 0 Å². The Morgan fingerprint density at radius 2 is 1.71 bits per heavy atom. The van der Waals surface area contributed by atoms with Crippen LogP contribution in [0.25, 0.3) is 22.2 Å². The highest BCUT2D eigenvalue weighted by Gasteiger charge is 2.14. The van der Waals surface area contributed by atoms with E-state index in [0.29, 0.717) is 22.8 Å². The van der Waals surface area contributed by atoms with E-state index in [2.05, 4.69) is 10.5 Å². The van der Waals surface area contributed by atoms with Crippen molar-refractivity contribution in [2.24, 2.45) is 5.10 Å². The Morgan fingerprint density at radius 1 is 0.941 bits per heavy atom. The molecule has 3 aromatic carbocycles. The molecule has 0 aliphatic carbocycles. The quantitative estimate of drug-likeness (QED) is 0.313. The summed E-state index contributed by atoms with van der Waals surface area (Å²) in [4.78, 5) is 17.9. The van der Waals surface area contributed by atoms with Gasteiger partial charge in [0.25, 0.3) is 5.91 Å². The maximum atomic E-state index is 13.1. The zero-order chi connectivity index (χ0) is 24.1. The molecule has 0 spiro atoms. The van der Waals surface area contributed by atoms with Gasteiger partial charge in [0.1, 0.15) is 17.2 Å². The summed E-state index contributed by atoms with van der Waals surface area (Å²) in [5.74, 6) is 1.76. The minimum absolute atomic E-state index is 0.339. The van der Waals surface area contributed by atoms with Crippen molar-refractivity contribution in [3.8, 4) is 28.5 Å². The second kappa shape index (κ2) is 10.0. The second-order valence-electron chi connectivity index (χ2n) is 7.52. The lowest BCUT2D eigenvalue weighted by Crippen LogP contribution is -2.18. The zero-order valence-electron chi connectivity index (χ0n) is 19.5. The molecule has 0 aliphatic heterocycles. The van der Waals surface area contributed by atoms with E-state index in [1.54, 1.807) is 33.6 Å². The molecule has 4 rings (SSSR count). The van der Waals surface area contributed by atoms with Crippen molar-refractivity contribution in [3.63, 3.8) is 0 Å². The SMILES string of the molecule is COc1ccc(-c2cc(C(=O)NN=Cc3ccc(OC)c(C)c3OC)c3ccccc3n2)cc1. The van der Waals surface area contributed by atoms with E-state index < -0.39 is 0 Å². The average Bonchev–Trinajstić information content (AvgIpc) is 2.88. The molecule has 7 nitrogen and oxygen atoms in total. The number of nitrogens with zero attached hydrogens (tertiary/aromatic N) is 2. The fraction of sp³-hybridized carbons (Fsp3) is 0.148. The molecule has 1 heterocycles. The number of carbonyl (C=O) groups is 1. The summed E-state index contributed by atoms with van der Waals surface area (Å²) in [6.45, 7) is 1.90. The number of ether oxygens (including phenoxy) is 3. The van der Waals surface area contributed by atoms with Gasteiger partial charge in [-0.3, -0.25) is 4.79 Å². The highest BCUT2D eigenvalue weighted by molar-refractivity contribution is 6.07. The molecule has 0 unspecified atom stereocenters. The molecule has 1 amide bonds. The number of hydrogen-bond acceptors (Lipinski definition) is 6. The number of para-hydroxylation sites is 1. The Bertz CT molecular complexity index is 1360. The van der Waals surface area contributed by atoms with Crippen LogP contribution in [0.4, 0.5) is 0 Å². The molecule has 1 aromatic heterocycles. The molecule has 0 aliphatic rings. The minimum atomic E-state index is -0.339. The summed E-state index contributed by atoms with van der Waals surface area (Å²) in [7, 11) is 4.81. The van der Waals surface area contributed by atoms with E-state index in [-0.39, 0.29) is 5.91 Å². The molecule has 1 N–H and O–H groups in total. The first kappa shape index (κ1) is 22.8. The third kappa shape index (κ3) is 4.54. The predicted octanol–water partition coefficient (Wildman–Crippen LogP) is 5.00. The number of carbonyl (C=O) groups excluding carboxylic acids is 1. The van der Waals surface area contributed by atoms with Crippen LogP contribution in [-0.4, -0.2) is 38.4 Å². The first-order chi connectivity index (χ1) is 16.5. The van der Waals surface area contributed by atoms with Crippen LogP contribution in [0.5, 0.6) is 17.2 Å². The average molecular weight is 456 g/mol. The summed E-state index contributed by atoms with van der Waals surface area (Å²) >= 11 is 0. The van der Waals surface area contributed by atoms with E-state index in [9.17, 15) is 4.79 Å². The van der Waals surface area contributed by atoms with E-state index in [1.807, 2.05) is 67.6 Å².